The summed E-state index contributed by atoms with van der Waals surface area (Å²) in [5.41, 5.74) is 1.15. The monoisotopic (exact) mass is 319 g/mol. The number of benzene rings is 1. The summed E-state index contributed by atoms with van der Waals surface area (Å²) in [6.45, 7) is 5.60. The minimum absolute atomic E-state index is 0.00475. The number of furan rings is 1. The minimum Gasteiger partial charge on any atom is -0.508 e. The number of nitrogens with one attached hydrogen (secondary N) is 1. The molecule has 0 aliphatic carbocycles. The molecule has 1 atom stereocenters. The molecule has 6 nitrogen and oxygen atoms in total. The summed E-state index contributed by atoms with van der Waals surface area (Å²) in [6.07, 6.45) is 1.46. The fraction of sp³-hybridized carbons (Fsp3) is 0.412. The number of aromatic hydroxyl groups is 1. The van der Waals surface area contributed by atoms with E-state index in [-0.39, 0.29) is 30.7 Å². The van der Waals surface area contributed by atoms with Gasteiger partial charge in [-0.05, 0) is 25.0 Å². The second-order valence-electron chi connectivity index (χ2n) is 5.88. The third-order valence-electron chi connectivity index (χ3n) is 3.73. The smallest absolute Gasteiger partial charge is 0.310 e. The van der Waals surface area contributed by atoms with Crippen LogP contribution in [0.4, 0.5) is 0 Å². The molecule has 0 radical (unpaired) electrons. The molecule has 0 saturated heterocycles. The molecule has 2 aromatic rings. The lowest BCUT2D eigenvalue weighted by Crippen LogP contribution is -2.38. The van der Waals surface area contributed by atoms with E-state index < -0.39 is 5.97 Å². The molecule has 0 saturated carbocycles. The topological polar surface area (TPSA) is 88.8 Å². The molecule has 0 fully saturated rings. The molecule has 124 valence electrons. The molecule has 0 unspecified atom stereocenters. The lowest BCUT2D eigenvalue weighted by molar-refractivity contribution is -0.148. The highest BCUT2D eigenvalue weighted by Gasteiger charge is 2.15. The van der Waals surface area contributed by atoms with E-state index in [1.165, 1.54) is 18.4 Å². The van der Waals surface area contributed by atoms with Gasteiger partial charge in [-0.25, -0.2) is 0 Å². The molecule has 2 rings (SSSR count). The number of amides is 1. The molecule has 1 aromatic heterocycles. The van der Waals surface area contributed by atoms with E-state index >= 15 is 0 Å². The molecular weight excluding hydrogens is 298 g/mol. The summed E-state index contributed by atoms with van der Waals surface area (Å²) < 4.78 is 10.3. The maximum atomic E-state index is 11.9. The van der Waals surface area contributed by atoms with Gasteiger partial charge in [-0.2, -0.15) is 0 Å². The molecule has 0 spiro atoms. The van der Waals surface area contributed by atoms with Crippen molar-refractivity contribution in [3.8, 4) is 5.75 Å². The van der Waals surface area contributed by atoms with Gasteiger partial charge in [0.05, 0.1) is 12.7 Å². The van der Waals surface area contributed by atoms with Crippen LogP contribution in [0, 0.1) is 5.92 Å². The van der Waals surface area contributed by atoms with Crippen molar-refractivity contribution in [2.45, 2.75) is 33.2 Å². The first-order valence-corrected chi connectivity index (χ1v) is 7.51. The van der Waals surface area contributed by atoms with Crippen LogP contribution in [0.2, 0.25) is 0 Å². The highest BCUT2D eigenvalue weighted by atomic mass is 16.5. The van der Waals surface area contributed by atoms with Crippen LogP contribution in [-0.2, 0) is 20.7 Å². The summed E-state index contributed by atoms with van der Waals surface area (Å²) in [5, 5.41) is 12.9. The van der Waals surface area contributed by atoms with Crippen molar-refractivity contribution in [2.75, 3.05) is 6.61 Å². The predicted molar refractivity (Wildman–Crippen MR) is 85.0 cm³/mol. The molecule has 1 amide bonds. The van der Waals surface area contributed by atoms with E-state index in [1.807, 2.05) is 20.8 Å². The van der Waals surface area contributed by atoms with E-state index in [0.29, 0.717) is 17.1 Å². The van der Waals surface area contributed by atoms with E-state index in [4.69, 9.17) is 9.15 Å². The highest BCUT2D eigenvalue weighted by molar-refractivity contribution is 5.87. The zero-order chi connectivity index (χ0) is 17.0. The van der Waals surface area contributed by atoms with E-state index in [1.54, 1.807) is 6.07 Å². The normalized spacial score (nSPS) is 12.3. The Hall–Kier alpha value is -2.50. The first-order chi connectivity index (χ1) is 10.9. The summed E-state index contributed by atoms with van der Waals surface area (Å²) in [5.74, 6) is -0.421. The van der Waals surface area contributed by atoms with Gasteiger partial charge in [0.1, 0.15) is 11.3 Å². The molecule has 1 aromatic carbocycles. The van der Waals surface area contributed by atoms with Crippen LogP contribution in [0.3, 0.4) is 0 Å². The average Bonchev–Trinajstić information content (AvgIpc) is 2.87. The summed E-state index contributed by atoms with van der Waals surface area (Å²) in [6, 6.07) is 4.69. The number of hydrogen-bond acceptors (Lipinski definition) is 5. The van der Waals surface area contributed by atoms with Crippen molar-refractivity contribution in [2.24, 2.45) is 5.92 Å². The largest absolute Gasteiger partial charge is 0.508 e. The van der Waals surface area contributed by atoms with Crippen molar-refractivity contribution >= 4 is 22.8 Å². The van der Waals surface area contributed by atoms with Crippen LogP contribution in [0.1, 0.15) is 26.3 Å². The van der Waals surface area contributed by atoms with Gasteiger partial charge in [-0.1, -0.05) is 13.8 Å². The SMILES string of the molecule is CC(C)[C@@H](C)NC(=O)COC(=O)Cc1coc2cc(O)ccc12. The Morgan fingerprint density at radius 2 is 2.04 bits per heavy atom. The number of phenolic OH excluding ortho intramolecular Hbond substituents is 1. The number of rotatable bonds is 6. The van der Waals surface area contributed by atoms with Crippen molar-refractivity contribution in [1.82, 2.24) is 5.32 Å². The van der Waals surface area contributed by atoms with Gasteiger partial charge in [0.15, 0.2) is 6.61 Å². The zero-order valence-electron chi connectivity index (χ0n) is 13.5. The second-order valence-corrected chi connectivity index (χ2v) is 5.88. The number of esters is 1. The maximum Gasteiger partial charge on any atom is 0.310 e. The van der Waals surface area contributed by atoms with Crippen molar-refractivity contribution in [3.05, 3.63) is 30.0 Å². The second kappa shape index (κ2) is 7.17. The van der Waals surface area contributed by atoms with Gasteiger partial charge >= 0.3 is 5.97 Å². The molecule has 0 aliphatic rings. The molecule has 6 heteroatoms. The van der Waals surface area contributed by atoms with Crippen molar-refractivity contribution in [1.29, 1.82) is 0 Å². The first kappa shape index (κ1) is 16.9. The lowest BCUT2D eigenvalue weighted by Gasteiger charge is -2.17. The van der Waals surface area contributed by atoms with Crippen LogP contribution >= 0.6 is 0 Å². The predicted octanol–water partition coefficient (Wildman–Crippen LogP) is 2.38. The van der Waals surface area contributed by atoms with Crippen molar-refractivity contribution in [3.63, 3.8) is 0 Å². The number of carbonyl (C=O) groups is 2. The standard InChI is InChI=1S/C17H21NO5/c1-10(2)11(3)18-16(20)9-23-17(21)6-12-8-22-15-7-13(19)4-5-14(12)15/h4-5,7-8,10-11,19H,6,9H2,1-3H3,(H,18,20)/t11-/m1/s1. The van der Waals surface area contributed by atoms with Crippen LogP contribution in [0.5, 0.6) is 5.75 Å². The van der Waals surface area contributed by atoms with E-state index in [0.717, 1.165) is 5.39 Å². The van der Waals surface area contributed by atoms with Gasteiger partial charge in [0.2, 0.25) is 0 Å². The summed E-state index contributed by atoms with van der Waals surface area (Å²) in [7, 11) is 0. The number of phenols is 1. The van der Waals surface area contributed by atoms with Gasteiger partial charge in [-0.15, -0.1) is 0 Å². The Morgan fingerprint density at radius 3 is 2.74 bits per heavy atom. The molecule has 0 bridgehead atoms. The Morgan fingerprint density at radius 1 is 1.30 bits per heavy atom. The number of fused-ring (bicyclic) bond motifs is 1. The van der Waals surface area contributed by atoms with Crippen LogP contribution in [0.15, 0.2) is 28.9 Å². The van der Waals surface area contributed by atoms with Crippen LogP contribution < -0.4 is 5.32 Å². The van der Waals surface area contributed by atoms with Gasteiger partial charge in [0, 0.05) is 23.1 Å². The highest BCUT2D eigenvalue weighted by Crippen LogP contribution is 2.25. The van der Waals surface area contributed by atoms with Gasteiger partial charge in [0.25, 0.3) is 5.91 Å². The van der Waals surface area contributed by atoms with E-state index in [9.17, 15) is 14.7 Å². The molecule has 23 heavy (non-hydrogen) atoms. The Kier molecular flexibility index (Phi) is 5.26. The molecule has 0 aliphatic heterocycles. The molecular formula is C17H21NO5. The number of carbonyl (C=O) groups excluding carboxylic acids is 2. The molecule has 2 N–H and O–H groups in total. The quantitative estimate of drug-likeness (QED) is 0.798. The Balaban J connectivity index is 1.88. The summed E-state index contributed by atoms with van der Waals surface area (Å²) in [4.78, 5) is 23.5. The Labute approximate surface area is 134 Å². The average molecular weight is 319 g/mol. The van der Waals surface area contributed by atoms with Crippen molar-refractivity contribution < 1.29 is 23.8 Å². The van der Waals surface area contributed by atoms with Crippen LogP contribution in [0.25, 0.3) is 11.0 Å². The van der Waals surface area contributed by atoms with Gasteiger partial charge < -0.3 is 19.6 Å². The summed E-state index contributed by atoms with van der Waals surface area (Å²) >= 11 is 0. The zero-order valence-corrected chi connectivity index (χ0v) is 13.5. The number of hydrogen-bond donors (Lipinski definition) is 2. The Bertz CT molecular complexity index is 704. The fourth-order valence-electron chi connectivity index (χ4n) is 2.02. The minimum atomic E-state index is -0.506. The van der Waals surface area contributed by atoms with E-state index in [2.05, 4.69) is 5.32 Å². The lowest BCUT2D eigenvalue weighted by atomic mass is 10.1. The third kappa shape index (κ3) is 4.48. The fourth-order valence-corrected chi connectivity index (χ4v) is 2.02. The number of ether oxygens (including phenoxy) is 1. The van der Waals surface area contributed by atoms with Gasteiger partial charge in [-0.3, -0.25) is 9.59 Å². The third-order valence-corrected chi connectivity index (χ3v) is 3.73. The van der Waals surface area contributed by atoms with Crippen LogP contribution in [-0.4, -0.2) is 29.6 Å². The molecule has 1 heterocycles. The first-order valence-electron chi connectivity index (χ1n) is 7.51. The maximum absolute atomic E-state index is 11.9.